The van der Waals surface area contributed by atoms with E-state index in [0.717, 1.165) is 19.4 Å². The largest absolute Gasteiger partial charge is 0.353 e. The second-order valence-electron chi connectivity index (χ2n) is 4.42. The predicted octanol–water partition coefficient (Wildman–Crippen LogP) is 1.82. The number of carbonyl (C=O) groups is 1. The van der Waals surface area contributed by atoms with Crippen LogP contribution in [-0.4, -0.2) is 24.5 Å². The molecule has 0 bridgehead atoms. The highest BCUT2D eigenvalue weighted by molar-refractivity contribution is 5.75. The molecule has 1 rings (SSSR count). The quantitative estimate of drug-likeness (QED) is 0.730. The van der Waals surface area contributed by atoms with Gasteiger partial charge in [0, 0.05) is 18.5 Å². The molecule has 0 aromatic heterocycles. The fourth-order valence-electron chi connectivity index (χ4n) is 2.12. The minimum Gasteiger partial charge on any atom is -0.353 e. The summed E-state index contributed by atoms with van der Waals surface area (Å²) in [6, 6.07) is 1.11. The van der Waals surface area contributed by atoms with Gasteiger partial charge in [-0.25, -0.2) is 0 Å². The van der Waals surface area contributed by atoms with Crippen LogP contribution in [0.5, 0.6) is 0 Å². The zero-order valence-electron chi connectivity index (χ0n) is 10.0. The number of hydrogen-bond donors (Lipinski definition) is 2. The molecule has 2 N–H and O–H groups in total. The lowest BCUT2D eigenvalue weighted by atomic mass is 9.91. The van der Waals surface area contributed by atoms with E-state index < -0.39 is 0 Å². The summed E-state index contributed by atoms with van der Waals surface area (Å²) in [5, 5.41) is 6.62. The standard InChI is InChI=1S/C12H24N2O/c1-3-9-13-10-5-7-11(8-6-10)14-12(15)4-2/h10-11,13H,3-9H2,1-2H3,(H,14,15). The van der Waals surface area contributed by atoms with E-state index in [1.54, 1.807) is 0 Å². The number of carbonyl (C=O) groups excluding carboxylic acids is 1. The fourth-order valence-corrected chi connectivity index (χ4v) is 2.12. The number of amides is 1. The maximum Gasteiger partial charge on any atom is 0.219 e. The zero-order valence-corrected chi connectivity index (χ0v) is 10.0. The highest BCUT2D eigenvalue weighted by Crippen LogP contribution is 2.18. The van der Waals surface area contributed by atoms with E-state index in [1.807, 2.05) is 6.92 Å². The Hall–Kier alpha value is -0.570. The summed E-state index contributed by atoms with van der Waals surface area (Å²) < 4.78 is 0. The summed E-state index contributed by atoms with van der Waals surface area (Å²) in [7, 11) is 0. The first-order valence-corrected chi connectivity index (χ1v) is 6.29. The van der Waals surface area contributed by atoms with Crippen LogP contribution in [0.4, 0.5) is 0 Å². The minimum atomic E-state index is 0.194. The molecule has 0 unspecified atom stereocenters. The molecule has 0 atom stereocenters. The number of rotatable bonds is 5. The van der Waals surface area contributed by atoms with E-state index in [1.165, 1.54) is 19.3 Å². The second kappa shape index (κ2) is 6.83. The van der Waals surface area contributed by atoms with Gasteiger partial charge in [0.15, 0.2) is 0 Å². The normalized spacial score (nSPS) is 26.3. The number of hydrogen-bond acceptors (Lipinski definition) is 2. The van der Waals surface area contributed by atoms with E-state index in [2.05, 4.69) is 17.6 Å². The second-order valence-corrected chi connectivity index (χ2v) is 4.42. The molecule has 88 valence electrons. The summed E-state index contributed by atoms with van der Waals surface area (Å²) >= 11 is 0. The van der Waals surface area contributed by atoms with Crippen molar-refractivity contribution in [2.24, 2.45) is 0 Å². The molecule has 1 saturated carbocycles. The van der Waals surface area contributed by atoms with Crippen molar-refractivity contribution in [1.29, 1.82) is 0 Å². The van der Waals surface area contributed by atoms with Crippen LogP contribution < -0.4 is 10.6 Å². The molecule has 0 spiro atoms. The van der Waals surface area contributed by atoms with Gasteiger partial charge in [0.05, 0.1) is 0 Å². The van der Waals surface area contributed by atoms with Crippen molar-refractivity contribution in [1.82, 2.24) is 10.6 Å². The van der Waals surface area contributed by atoms with Crippen molar-refractivity contribution < 1.29 is 4.79 Å². The lowest BCUT2D eigenvalue weighted by Crippen LogP contribution is -2.42. The Morgan fingerprint density at radius 1 is 1.13 bits per heavy atom. The lowest BCUT2D eigenvalue weighted by Gasteiger charge is -2.29. The van der Waals surface area contributed by atoms with E-state index in [0.29, 0.717) is 18.5 Å². The average molecular weight is 212 g/mol. The topological polar surface area (TPSA) is 41.1 Å². The first-order chi connectivity index (χ1) is 7.26. The number of nitrogens with one attached hydrogen (secondary N) is 2. The Balaban J connectivity index is 2.15. The van der Waals surface area contributed by atoms with Gasteiger partial charge in [0.1, 0.15) is 0 Å². The molecule has 1 aliphatic carbocycles. The fraction of sp³-hybridized carbons (Fsp3) is 0.917. The molecular formula is C12H24N2O. The van der Waals surface area contributed by atoms with Crippen LogP contribution in [0.1, 0.15) is 52.4 Å². The van der Waals surface area contributed by atoms with E-state index in [4.69, 9.17) is 0 Å². The van der Waals surface area contributed by atoms with Crippen LogP contribution in [0.15, 0.2) is 0 Å². The van der Waals surface area contributed by atoms with Crippen molar-refractivity contribution in [3.63, 3.8) is 0 Å². The Morgan fingerprint density at radius 2 is 1.73 bits per heavy atom. The molecule has 1 fully saturated rings. The van der Waals surface area contributed by atoms with Crippen LogP contribution in [0, 0.1) is 0 Å². The van der Waals surface area contributed by atoms with Crippen molar-refractivity contribution in [2.45, 2.75) is 64.5 Å². The highest BCUT2D eigenvalue weighted by Gasteiger charge is 2.21. The molecule has 3 nitrogen and oxygen atoms in total. The summed E-state index contributed by atoms with van der Waals surface area (Å²) in [6.45, 7) is 5.22. The van der Waals surface area contributed by atoms with Gasteiger partial charge >= 0.3 is 0 Å². The monoisotopic (exact) mass is 212 g/mol. The van der Waals surface area contributed by atoms with Crippen LogP contribution in [-0.2, 0) is 4.79 Å². The van der Waals surface area contributed by atoms with E-state index in [-0.39, 0.29) is 5.91 Å². The Labute approximate surface area is 93.0 Å². The molecule has 3 heteroatoms. The van der Waals surface area contributed by atoms with Gasteiger partial charge in [-0.1, -0.05) is 13.8 Å². The Morgan fingerprint density at radius 3 is 2.27 bits per heavy atom. The lowest BCUT2D eigenvalue weighted by molar-refractivity contribution is -0.121. The van der Waals surface area contributed by atoms with Gasteiger partial charge in [0.2, 0.25) is 5.91 Å². The predicted molar refractivity (Wildman–Crippen MR) is 62.8 cm³/mol. The molecule has 0 radical (unpaired) electrons. The van der Waals surface area contributed by atoms with Crippen LogP contribution in [0.3, 0.4) is 0 Å². The van der Waals surface area contributed by atoms with E-state index in [9.17, 15) is 4.79 Å². The smallest absolute Gasteiger partial charge is 0.219 e. The third kappa shape index (κ3) is 4.65. The molecule has 0 saturated heterocycles. The van der Waals surface area contributed by atoms with E-state index >= 15 is 0 Å². The molecule has 0 aromatic carbocycles. The van der Waals surface area contributed by atoms with Gasteiger partial charge in [-0.3, -0.25) is 4.79 Å². The Kier molecular flexibility index (Phi) is 5.69. The van der Waals surface area contributed by atoms with Gasteiger partial charge in [-0.2, -0.15) is 0 Å². The molecular weight excluding hydrogens is 188 g/mol. The minimum absolute atomic E-state index is 0.194. The van der Waals surface area contributed by atoms with Gasteiger partial charge < -0.3 is 10.6 Å². The van der Waals surface area contributed by atoms with Gasteiger partial charge in [-0.05, 0) is 38.6 Å². The van der Waals surface area contributed by atoms with Crippen molar-refractivity contribution >= 4 is 5.91 Å². The maximum atomic E-state index is 11.2. The summed E-state index contributed by atoms with van der Waals surface area (Å²) in [5.41, 5.74) is 0. The molecule has 0 aromatic rings. The van der Waals surface area contributed by atoms with Gasteiger partial charge in [0.25, 0.3) is 0 Å². The molecule has 1 amide bonds. The van der Waals surface area contributed by atoms with Crippen molar-refractivity contribution in [3.05, 3.63) is 0 Å². The maximum absolute atomic E-state index is 11.2. The average Bonchev–Trinajstić information content (AvgIpc) is 2.28. The van der Waals surface area contributed by atoms with Crippen molar-refractivity contribution in [2.75, 3.05) is 6.54 Å². The molecule has 1 aliphatic rings. The first-order valence-electron chi connectivity index (χ1n) is 6.29. The first kappa shape index (κ1) is 12.5. The van der Waals surface area contributed by atoms with Gasteiger partial charge in [-0.15, -0.1) is 0 Å². The molecule has 0 heterocycles. The van der Waals surface area contributed by atoms with Crippen LogP contribution in [0.2, 0.25) is 0 Å². The summed E-state index contributed by atoms with van der Waals surface area (Å²) in [6.07, 6.45) is 6.48. The summed E-state index contributed by atoms with van der Waals surface area (Å²) in [5.74, 6) is 0.194. The SMILES string of the molecule is CCCNC1CCC(NC(=O)CC)CC1. The Bertz CT molecular complexity index is 186. The third-order valence-corrected chi connectivity index (χ3v) is 3.10. The van der Waals surface area contributed by atoms with Crippen LogP contribution >= 0.6 is 0 Å². The zero-order chi connectivity index (χ0) is 11.1. The molecule has 15 heavy (non-hydrogen) atoms. The van der Waals surface area contributed by atoms with Crippen LogP contribution in [0.25, 0.3) is 0 Å². The third-order valence-electron chi connectivity index (χ3n) is 3.10. The van der Waals surface area contributed by atoms with Crippen molar-refractivity contribution in [3.8, 4) is 0 Å². The summed E-state index contributed by atoms with van der Waals surface area (Å²) in [4.78, 5) is 11.2. The molecule has 0 aliphatic heterocycles. The highest BCUT2D eigenvalue weighted by atomic mass is 16.1.